The molecular weight excluding hydrogens is 921 g/mol. The van der Waals surface area contributed by atoms with Gasteiger partial charge in [-0.1, -0.05) is 267 Å². The molecule has 0 saturated heterocycles. The third-order valence-corrected chi connectivity index (χ3v) is 20.1. The molecule has 14 aromatic rings. The third kappa shape index (κ3) is 7.39. The Labute approximate surface area is 438 Å². The summed E-state index contributed by atoms with van der Waals surface area (Å²) in [5, 5.41) is 10.2. The van der Waals surface area contributed by atoms with Crippen LogP contribution in [-0.4, -0.2) is 17.2 Å². The van der Waals surface area contributed by atoms with Crippen molar-refractivity contribution in [3.8, 4) is 55.9 Å². The molecule has 0 aliphatic carbocycles. The lowest BCUT2D eigenvalue weighted by molar-refractivity contribution is 1.16. The van der Waals surface area contributed by atoms with Crippen molar-refractivity contribution in [3.63, 3.8) is 0 Å². The Kier molecular flexibility index (Phi) is 10.9. The number of para-hydroxylation sites is 3. The Morgan fingerprint density at radius 1 is 0.213 bits per heavy atom. The summed E-state index contributed by atoms with van der Waals surface area (Å²) in [6.07, 6.45) is 0. The maximum atomic E-state index is 2.58. The van der Waals surface area contributed by atoms with Gasteiger partial charge in [-0.25, -0.2) is 0 Å². The van der Waals surface area contributed by atoms with Gasteiger partial charge in [0.05, 0.1) is 27.8 Å². The Morgan fingerprint density at radius 3 is 1.00 bits per heavy atom. The summed E-state index contributed by atoms with van der Waals surface area (Å²) < 4.78 is 5.02. The zero-order valence-electron chi connectivity index (χ0n) is 41.3. The van der Waals surface area contributed by atoms with Crippen LogP contribution < -0.4 is 20.7 Å². The molecule has 0 aliphatic heterocycles. The molecular formula is C72H50N2Si. The van der Waals surface area contributed by atoms with Crippen LogP contribution in [0.25, 0.3) is 99.5 Å². The minimum atomic E-state index is -3.28. The Bertz CT molecular complexity index is 4160. The molecule has 75 heavy (non-hydrogen) atoms. The maximum absolute atomic E-state index is 3.28. The predicted molar refractivity (Wildman–Crippen MR) is 320 cm³/mol. The zero-order chi connectivity index (χ0) is 49.7. The highest BCUT2D eigenvalue weighted by atomic mass is 28.3. The van der Waals surface area contributed by atoms with Gasteiger partial charge >= 0.3 is 0 Å². The topological polar surface area (TPSA) is 9.86 Å². The lowest BCUT2D eigenvalue weighted by Crippen LogP contribution is -2.74. The summed E-state index contributed by atoms with van der Waals surface area (Å²) in [7, 11) is -3.28. The van der Waals surface area contributed by atoms with Gasteiger partial charge in [0.15, 0.2) is 8.07 Å². The molecule has 3 heteroatoms. The van der Waals surface area contributed by atoms with E-state index in [0.29, 0.717) is 0 Å². The minimum absolute atomic E-state index is 1.12. The summed E-state index contributed by atoms with van der Waals surface area (Å²) in [4.78, 5) is 0. The lowest BCUT2D eigenvalue weighted by Gasteiger charge is -2.36. The molecule has 352 valence electrons. The first kappa shape index (κ1) is 44.2. The molecule has 0 saturated carbocycles. The van der Waals surface area contributed by atoms with E-state index in [9.17, 15) is 0 Å². The van der Waals surface area contributed by atoms with E-state index in [2.05, 4.69) is 312 Å². The molecule has 2 heterocycles. The predicted octanol–water partition coefficient (Wildman–Crippen LogP) is 15.9. The fourth-order valence-corrected chi connectivity index (χ4v) is 17.0. The van der Waals surface area contributed by atoms with Gasteiger partial charge in [0.25, 0.3) is 0 Å². The fourth-order valence-electron chi connectivity index (χ4n) is 12.1. The number of aromatic nitrogens is 2. The van der Waals surface area contributed by atoms with E-state index in [1.165, 1.54) is 86.7 Å². The van der Waals surface area contributed by atoms with Gasteiger partial charge in [0.1, 0.15) is 0 Å². The first-order chi connectivity index (χ1) is 37.2. The van der Waals surface area contributed by atoms with Gasteiger partial charge in [-0.05, 0) is 90.5 Å². The maximum Gasteiger partial charge on any atom is 0.179 e. The van der Waals surface area contributed by atoms with Crippen molar-refractivity contribution in [2.75, 3.05) is 0 Å². The molecule has 12 aromatic carbocycles. The van der Waals surface area contributed by atoms with Crippen LogP contribution in [0.15, 0.2) is 303 Å². The highest BCUT2D eigenvalue weighted by Crippen LogP contribution is 2.43. The smallest absolute Gasteiger partial charge is 0.179 e. The number of benzene rings is 12. The van der Waals surface area contributed by atoms with Crippen LogP contribution in [0.2, 0.25) is 0 Å². The molecule has 0 amide bonds. The molecule has 14 rings (SSSR count). The normalized spacial score (nSPS) is 11.7. The van der Waals surface area contributed by atoms with Crippen LogP contribution in [0, 0.1) is 0 Å². The highest BCUT2D eigenvalue weighted by molar-refractivity contribution is 7.20. The molecule has 0 atom stereocenters. The van der Waals surface area contributed by atoms with Crippen molar-refractivity contribution in [3.05, 3.63) is 303 Å². The molecule has 0 aliphatic rings. The average molecular weight is 971 g/mol. The highest BCUT2D eigenvalue weighted by Gasteiger charge is 2.43. The molecule has 0 N–H and O–H groups in total. The van der Waals surface area contributed by atoms with E-state index in [1.807, 2.05) is 0 Å². The monoisotopic (exact) mass is 970 g/mol. The van der Waals surface area contributed by atoms with E-state index < -0.39 is 8.07 Å². The lowest BCUT2D eigenvalue weighted by atomic mass is 9.95. The van der Waals surface area contributed by atoms with Crippen LogP contribution in [0.5, 0.6) is 0 Å². The molecule has 2 aromatic heterocycles. The van der Waals surface area contributed by atoms with Gasteiger partial charge in [-0.2, -0.15) is 0 Å². The summed E-state index contributed by atoms with van der Waals surface area (Å²) in [6.45, 7) is 0. The van der Waals surface area contributed by atoms with Crippen molar-refractivity contribution in [1.29, 1.82) is 0 Å². The van der Waals surface area contributed by atoms with E-state index in [-0.39, 0.29) is 0 Å². The number of rotatable bonds is 10. The Morgan fingerprint density at radius 2 is 0.560 bits per heavy atom. The van der Waals surface area contributed by atoms with Crippen LogP contribution in [0.4, 0.5) is 0 Å². The van der Waals surface area contributed by atoms with Gasteiger partial charge < -0.3 is 9.13 Å². The summed E-state index contributed by atoms with van der Waals surface area (Å²) >= 11 is 0. The number of hydrogen-bond donors (Lipinski definition) is 0. The van der Waals surface area contributed by atoms with Crippen molar-refractivity contribution in [2.24, 2.45) is 0 Å². The third-order valence-electron chi connectivity index (χ3n) is 15.4. The van der Waals surface area contributed by atoms with Gasteiger partial charge in [-0.15, -0.1) is 0 Å². The van der Waals surface area contributed by atoms with Gasteiger partial charge in [0, 0.05) is 38.4 Å². The zero-order valence-corrected chi connectivity index (χ0v) is 42.3. The summed E-state index contributed by atoms with van der Waals surface area (Å²) in [6, 6.07) is 113. The summed E-state index contributed by atoms with van der Waals surface area (Å²) in [5.41, 5.74) is 16.4. The molecule has 2 nitrogen and oxygen atoms in total. The molecule has 0 radical (unpaired) electrons. The second-order valence-electron chi connectivity index (χ2n) is 19.6. The minimum Gasteiger partial charge on any atom is -0.309 e. The SMILES string of the molecule is c1ccc(-c2cc(-c3ccccc3)cc([Si](c3ccccc3)(c3ccccc3)c3cc(-c4ccccc4)c(-n4c5ccccc5c5ccc(-n6c7ccccc7c7ccccc76)cc54)c(-c4ccccc4)c3)c2)cc1. The van der Waals surface area contributed by atoms with E-state index >= 15 is 0 Å². The van der Waals surface area contributed by atoms with Crippen molar-refractivity contribution in [2.45, 2.75) is 0 Å². The quantitative estimate of drug-likeness (QED) is 0.0955. The van der Waals surface area contributed by atoms with Crippen LogP contribution in [0.3, 0.4) is 0 Å². The first-order valence-electron chi connectivity index (χ1n) is 25.9. The van der Waals surface area contributed by atoms with E-state index in [0.717, 1.165) is 33.5 Å². The largest absolute Gasteiger partial charge is 0.309 e. The fraction of sp³-hybridized carbons (Fsp3) is 0. The van der Waals surface area contributed by atoms with Crippen LogP contribution in [0.1, 0.15) is 0 Å². The first-order valence-corrected chi connectivity index (χ1v) is 27.9. The van der Waals surface area contributed by atoms with Gasteiger partial charge in [0.2, 0.25) is 0 Å². The second-order valence-corrected chi connectivity index (χ2v) is 23.4. The molecule has 0 unspecified atom stereocenters. The van der Waals surface area contributed by atoms with Crippen molar-refractivity contribution < 1.29 is 0 Å². The van der Waals surface area contributed by atoms with E-state index in [1.54, 1.807) is 0 Å². The average Bonchev–Trinajstić information content (AvgIpc) is 4.03. The van der Waals surface area contributed by atoms with E-state index in [4.69, 9.17) is 0 Å². The Balaban J connectivity index is 1.15. The van der Waals surface area contributed by atoms with Gasteiger partial charge in [-0.3, -0.25) is 0 Å². The molecule has 0 fully saturated rings. The number of nitrogens with zero attached hydrogens (tertiary/aromatic N) is 2. The standard InChI is InChI=1S/C72H50N2Si/c1-7-25-51(26-8-1)55-45-56(52-27-9-2-10-28-52)47-60(46-55)75(58-33-15-5-16-34-58,59-35-17-6-18-36-59)61-49-66(53-29-11-3-12-30-53)72(67(50-61)54-31-13-4-14-32-54)74-70-42-24-21-39-64(70)65-44-43-57(48-71(65)74)73-68-40-22-19-37-62(68)63-38-20-23-41-69(63)73/h1-50H. The van der Waals surface area contributed by atoms with Crippen LogP contribution in [-0.2, 0) is 0 Å². The van der Waals surface area contributed by atoms with Crippen molar-refractivity contribution in [1.82, 2.24) is 9.13 Å². The summed E-state index contributed by atoms with van der Waals surface area (Å²) in [5.74, 6) is 0. The second kappa shape index (κ2) is 18.5. The number of hydrogen-bond acceptors (Lipinski definition) is 0. The van der Waals surface area contributed by atoms with Crippen LogP contribution >= 0.6 is 0 Å². The Hall–Kier alpha value is -9.54. The van der Waals surface area contributed by atoms with Crippen molar-refractivity contribution >= 4 is 72.4 Å². The molecule has 0 spiro atoms. The number of fused-ring (bicyclic) bond motifs is 6. The molecule has 0 bridgehead atoms.